The molecule has 0 heterocycles. The molecule has 1 N–H and O–H groups in total. The molecule has 0 aromatic heterocycles. The number of benzene rings is 2. The van der Waals surface area contributed by atoms with Crippen LogP contribution in [0.1, 0.15) is 29.7 Å². The average molecular weight is 296 g/mol. The Balaban J connectivity index is 2.46. The van der Waals surface area contributed by atoms with Crippen LogP contribution >= 0.6 is 11.6 Å². The van der Waals surface area contributed by atoms with Crippen LogP contribution in [0.25, 0.3) is 0 Å². The van der Waals surface area contributed by atoms with Gasteiger partial charge in [0.1, 0.15) is 11.6 Å². The van der Waals surface area contributed by atoms with E-state index in [9.17, 15) is 8.78 Å². The third kappa shape index (κ3) is 3.35. The molecule has 1 atom stereocenters. The molecule has 1 nitrogen and oxygen atoms in total. The summed E-state index contributed by atoms with van der Waals surface area (Å²) in [5.74, 6) is -1.16. The molecule has 106 valence electrons. The topological polar surface area (TPSA) is 12.0 Å². The van der Waals surface area contributed by atoms with Gasteiger partial charge in [-0.3, -0.25) is 0 Å². The zero-order valence-corrected chi connectivity index (χ0v) is 12.1. The first kappa shape index (κ1) is 14.9. The number of nitrogens with one attached hydrogen (secondary N) is 1. The average Bonchev–Trinajstić information content (AvgIpc) is 2.38. The van der Waals surface area contributed by atoms with Gasteiger partial charge in [-0.15, -0.1) is 0 Å². The maximum atomic E-state index is 13.4. The van der Waals surface area contributed by atoms with Crippen LogP contribution in [0.5, 0.6) is 0 Å². The molecule has 1 unspecified atom stereocenters. The van der Waals surface area contributed by atoms with Crippen LogP contribution < -0.4 is 5.32 Å². The minimum atomic E-state index is -0.582. The minimum absolute atomic E-state index is 0.289. The molecule has 0 aliphatic heterocycles. The van der Waals surface area contributed by atoms with Crippen molar-refractivity contribution in [3.8, 4) is 0 Å². The lowest BCUT2D eigenvalue weighted by molar-refractivity contribution is 0.565. The smallest absolute Gasteiger partial charge is 0.126 e. The van der Waals surface area contributed by atoms with Gasteiger partial charge in [-0.2, -0.15) is 0 Å². The summed E-state index contributed by atoms with van der Waals surface area (Å²) in [6.07, 6.45) is 0. The predicted molar refractivity (Wildman–Crippen MR) is 78.1 cm³/mol. The van der Waals surface area contributed by atoms with Crippen molar-refractivity contribution in [2.75, 3.05) is 6.54 Å². The lowest BCUT2D eigenvalue weighted by Gasteiger charge is -2.20. The number of hydrogen-bond acceptors (Lipinski definition) is 1. The van der Waals surface area contributed by atoms with Crippen molar-refractivity contribution in [1.82, 2.24) is 5.32 Å². The van der Waals surface area contributed by atoms with E-state index < -0.39 is 11.6 Å². The third-order valence-electron chi connectivity index (χ3n) is 3.16. The van der Waals surface area contributed by atoms with E-state index in [0.717, 1.165) is 17.2 Å². The molecule has 0 aliphatic carbocycles. The van der Waals surface area contributed by atoms with Crippen LogP contribution in [0.4, 0.5) is 8.78 Å². The van der Waals surface area contributed by atoms with E-state index in [1.165, 1.54) is 12.1 Å². The van der Waals surface area contributed by atoms with Gasteiger partial charge in [0.05, 0.1) is 6.04 Å². The van der Waals surface area contributed by atoms with Crippen molar-refractivity contribution in [3.05, 3.63) is 69.7 Å². The van der Waals surface area contributed by atoms with Crippen molar-refractivity contribution < 1.29 is 8.78 Å². The zero-order chi connectivity index (χ0) is 14.7. The van der Waals surface area contributed by atoms with Crippen molar-refractivity contribution in [2.24, 2.45) is 0 Å². The van der Waals surface area contributed by atoms with E-state index in [-0.39, 0.29) is 6.04 Å². The van der Waals surface area contributed by atoms with E-state index in [1.807, 2.05) is 32.0 Å². The maximum Gasteiger partial charge on any atom is 0.126 e. The molecular formula is C16H16ClF2N. The number of halogens is 3. The summed E-state index contributed by atoms with van der Waals surface area (Å²) >= 11 is 6.13. The Labute approximate surface area is 122 Å². The Kier molecular flexibility index (Phi) is 4.73. The molecule has 0 aliphatic rings. The SMILES string of the molecule is CCNC(c1cc(F)cc(F)c1)c1ccc(C)c(Cl)c1. The summed E-state index contributed by atoms with van der Waals surface area (Å²) in [5, 5.41) is 3.87. The van der Waals surface area contributed by atoms with Crippen LogP contribution in [0.2, 0.25) is 5.02 Å². The molecule has 0 spiro atoms. The summed E-state index contributed by atoms with van der Waals surface area (Å²) in [6.45, 7) is 4.53. The first-order valence-electron chi connectivity index (χ1n) is 6.46. The summed E-state index contributed by atoms with van der Waals surface area (Å²) in [5.41, 5.74) is 2.40. The molecule has 4 heteroatoms. The van der Waals surface area contributed by atoms with Gasteiger partial charge in [0, 0.05) is 11.1 Å². The minimum Gasteiger partial charge on any atom is -0.307 e. The van der Waals surface area contributed by atoms with E-state index in [1.54, 1.807) is 0 Å². The summed E-state index contributed by atoms with van der Waals surface area (Å²) < 4.78 is 26.8. The van der Waals surface area contributed by atoms with Crippen LogP contribution in [-0.4, -0.2) is 6.54 Å². The monoisotopic (exact) mass is 295 g/mol. The quantitative estimate of drug-likeness (QED) is 0.867. The van der Waals surface area contributed by atoms with Gasteiger partial charge in [0.25, 0.3) is 0 Å². The summed E-state index contributed by atoms with van der Waals surface area (Å²) in [4.78, 5) is 0. The molecule has 0 bridgehead atoms. The van der Waals surface area contributed by atoms with Gasteiger partial charge in [-0.25, -0.2) is 8.78 Å². The van der Waals surface area contributed by atoms with Gasteiger partial charge in [0.15, 0.2) is 0 Å². The molecule has 0 fully saturated rings. The Morgan fingerprint density at radius 1 is 1.05 bits per heavy atom. The van der Waals surface area contributed by atoms with Crippen LogP contribution in [0, 0.1) is 18.6 Å². The highest BCUT2D eigenvalue weighted by Crippen LogP contribution is 2.27. The van der Waals surface area contributed by atoms with Gasteiger partial charge in [-0.1, -0.05) is 30.7 Å². The Morgan fingerprint density at radius 3 is 2.25 bits per heavy atom. The molecule has 20 heavy (non-hydrogen) atoms. The lowest BCUT2D eigenvalue weighted by atomic mass is 9.97. The standard InChI is InChI=1S/C16H16ClF2N/c1-3-20-16(11-5-4-10(2)15(17)8-11)12-6-13(18)9-14(19)7-12/h4-9,16,20H,3H2,1-2H3. The first-order valence-corrected chi connectivity index (χ1v) is 6.84. The fourth-order valence-electron chi connectivity index (χ4n) is 2.16. The number of hydrogen-bond donors (Lipinski definition) is 1. The third-order valence-corrected chi connectivity index (χ3v) is 3.56. The Hall–Kier alpha value is -1.45. The number of rotatable bonds is 4. The van der Waals surface area contributed by atoms with Crippen molar-refractivity contribution in [2.45, 2.75) is 19.9 Å². The normalized spacial score (nSPS) is 12.4. The lowest BCUT2D eigenvalue weighted by Crippen LogP contribution is -2.22. The highest BCUT2D eigenvalue weighted by Gasteiger charge is 2.15. The molecule has 2 rings (SSSR count). The second kappa shape index (κ2) is 6.33. The zero-order valence-electron chi connectivity index (χ0n) is 11.4. The Morgan fingerprint density at radius 2 is 1.70 bits per heavy atom. The van der Waals surface area contributed by atoms with Crippen molar-refractivity contribution >= 4 is 11.6 Å². The molecule has 0 radical (unpaired) electrons. The second-order valence-electron chi connectivity index (χ2n) is 4.70. The highest BCUT2D eigenvalue weighted by atomic mass is 35.5. The summed E-state index contributed by atoms with van der Waals surface area (Å²) in [6, 6.07) is 8.90. The molecule has 2 aromatic carbocycles. The number of aryl methyl sites for hydroxylation is 1. The van der Waals surface area contributed by atoms with Crippen molar-refractivity contribution in [3.63, 3.8) is 0 Å². The molecule has 0 saturated carbocycles. The van der Waals surface area contributed by atoms with Crippen LogP contribution in [0.3, 0.4) is 0 Å². The fraction of sp³-hybridized carbons (Fsp3) is 0.250. The second-order valence-corrected chi connectivity index (χ2v) is 5.11. The van der Waals surface area contributed by atoms with E-state index in [2.05, 4.69) is 5.32 Å². The highest BCUT2D eigenvalue weighted by molar-refractivity contribution is 6.31. The van der Waals surface area contributed by atoms with Crippen LogP contribution in [-0.2, 0) is 0 Å². The summed E-state index contributed by atoms with van der Waals surface area (Å²) in [7, 11) is 0. The fourth-order valence-corrected chi connectivity index (χ4v) is 2.35. The maximum absolute atomic E-state index is 13.4. The first-order chi connectivity index (χ1) is 9.51. The van der Waals surface area contributed by atoms with Gasteiger partial charge in [-0.05, 0) is 48.4 Å². The van der Waals surface area contributed by atoms with Gasteiger partial charge < -0.3 is 5.32 Å². The predicted octanol–water partition coefficient (Wildman–Crippen LogP) is 4.63. The van der Waals surface area contributed by atoms with E-state index in [4.69, 9.17) is 11.6 Å². The van der Waals surface area contributed by atoms with Crippen molar-refractivity contribution in [1.29, 1.82) is 0 Å². The molecule has 2 aromatic rings. The molecular weight excluding hydrogens is 280 g/mol. The van der Waals surface area contributed by atoms with E-state index >= 15 is 0 Å². The molecule has 0 amide bonds. The Bertz CT molecular complexity index is 593. The largest absolute Gasteiger partial charge is 0.307 e. The van der Waals surface area contributed by atoms with Crippen LogP contribution in [0.15, 0.2) is 36.4 Å². The van der Waals surface area contributed by atoms with Gasteiger partial charge >= 0.3 is 0 Å². The van der Waals surface area contributed by atoms with E-state index in [0.29, 0.717) is 17.1 Å². The molecule has 0 saturated heterocycles. The van der Waals surface area contributed by atoms with Gasteiger partial charge in [0.2, 0.25) is 0 Å².